The van der Waals surface area contributed by atoms with Gasteiger partial charge < -0.3 is 4.90 Å². The van der Waals surface area contributed by atoms with E-state index in [9.17, 15) is 4.79 Å². The Morgan fingerprint density at radius 2 is 1.58 bits per heavy atom. The number of hydrogen-bond donors (Lipinski definition) is 0. The van der Waals surface area contributed by atoms with Crippen LogP contribution in [0.15, 0.2) is 64.6 Å². The van der Waals surface area contributed by atoms with Crippen LogP contribution in [0.25, 0.3) is 0 Å². The Balaban J connectivity index is 1.76. The Hall–Kier alpha value is -2.17. The topological polar surface area (TPSA) is 45.0 Å². The Labute approximate surface area is 149 Å². The molecule has 4 rings (SSSR count). The number of fused-ring (bicyclic) bond motifs is 1. The number of carbonyl (C=O) groups is 1. The van der Waals surface area contributed by atoms with Gasteiger partial charge in [-0.15, -0.1) is 11.6 Å². The predicted octanol–water partition coefficient (Wildman–Crippen LogP) is 4.45. The quantitative estimate of drug-likeness (QED) is 0.578. The van der Waals surface area contributed by atoms with Gasteiger partial charge in [-0.1, -0.05) is 41.9 Å². The smallest absolute Gasteiger partial charge is 0.248 e. The van der Waals surface area contributed by atoms with Gasteiger partial charge >= 0.3 is 0 Å². The highest BCUT2D eigenvalue weighted by Gasteiger charge is 2.50. The molecule has 1 saturated heterocycles. The summed E-state index contributed by atoms with van der Waals surface area (Å²) in [5, 5.41) is -0.200. The number of alkyl halides is 1. The number of hydrogen-bond acceptors (Lipinski definition) is 3. The normalized spacial score (nSPS) is 22.9. The molecule has 0 spiro atoms. The predicted molar refractivity (Wildman–Crippen MR) is 98.5 cm³/mol. The zero-order valence-corrected chi connectivity index (χ0v) is 14.1. The van der Waals surface area contributed by atoms with E-state index in [0.29, 0.717) is 11.6 Å². The highest BCUT2D eigenvalue weighted by Crippen LogP contribution is 2.37. The minimum atomic E-state index is -0.640. The summed E-state index contributed by atoms with van der Waals surface area (Å²) in [5.41, 5.74) is 3.01. The zero-order chi connectivity index (χ0) is 16.7. The summed E-state index contributed by atoms with van der Waals surface area (Å²) in [6, 6.07) is 16.7. The second kappa shape index (κ2) is 6.04. The van der Waals surface area contributed by atoms with E-state index in [2.05, 4.69) is 4.99 Å². The zero-order valence-electron chi connectivity index (χ0n) is 12.6. The number of aliphatic imine (C=N–C) groups is 2. The van der Waals surface area contributed by atoms with Gasteiger partial charge in [0.05, 0.1) is 17.1 Å². The highest BCUT2D eigenvalue weighted by atomic mass is 35.5. The van der Waals surface area contributed by atoms with E-state index < -0.39 is 5.38 Å². The molecule has 2 atom stereocenters. The molecule has 0 bridgehead atoms. The fourth-order valence-corrected chi connectivity index (χ4v) is 3.58. The van der Waals surface area contributed by atoms with Gasteiger partial charge in [-0.3, -0.25) is 9.79 Å². The molecule has 0 saturated carbocycles. The summed E-state index contributed by atoms with van der Waals surface area (Å²) in [4.78, 5) is 23.1. The van der Waals surface area contributed by atoms with Gasteiger partial charge in [-0.05, 0) is 24.3 Å². The van der Waals surface area contributed by atoms with Gasteiger partial charge in [0.25, 0.3) is 0 Å². The molecule has 0 N–H and O–H groups in total. The van der Waals surface area contributed by atoms with Crippen molar-refractivity contribution in [3.05, 3.63) is 54.6 Å². The SMILES string of the molecule is O=C1C(Cl)C(C2=Nc3ccccc3N=C(Cl)C2)N1c1ccccc1. The first-order chi connectivity index (χ1) is 11.6. The van der Waals surface area contributed by atoms with Crippen molar-refractivity contribution in [2.24, 2.45) is 9.98 Å². The third-order valence-electron chi connectivity index (χ3n) is 4.12. The van der Waals surface area contributed by atoms with Crippen LogP contribution in [0, 0.1) is 0 Å². The summed E-state index contributed by atoms with van der Waals surface area (Å²) in [7, 11) is 0. The Morgan fingerprint density at radius 1 is 0.958 bits per heavy atom. The molecule has 2 aromatic carbocycles. The molecule has 2 aromatic rings. The molecule has 2 heterocycles. The molecule has 1 amide bonds. The lowest BCUT2D eigenvalue weighted by molar-refractivity contribution is -0.122. The van der Waals surface area contributed by atoms with Crippen LogP contribution in [-0.4, -0.2) is 28.2 Å². The van der Waals surface area contributed by atoms with Crippen molar-refractivity contribution in [1.82, 2.24) is 0 Å². The first-order valence-electron chi connectivity index (χ1n) is 7.57. The second-order valence-electron chi connectivity index (χ2n) is 5.65. The molecule has 0 aromatic heterocycles. The maximum atomic E-state index is 12.3. The maximum Gasteiger partial charge on any atom is 0.248 e. The van der Waals surface area contributed by atoms with Gasteiger partial charge in [-0.25, -0.2) is 4.99 Å². The third kappa shape index (κ3) is 2.52. The number of amides is 1. The number of nitrogens with zero attached hydrogens (tertiary/aromatic N) is 3. The van der Waals surface area contributed by atoms with E-state index in [-0.39, 0.29) is 11.9 Å². The monoisotopic (exact) mass is 357 g/mol. The Bertz CT molecular complexity index is 864. The molecule has 120 valence electrons. The number of benzene rings is 2. The van der Waals surface area contributed by atoms with Crippen molar-refractivity contribution in [1.29, 1.82) is 0 Å². The molecular weight excluding hydrogens is 345 g/mol. The average Bonchev–Trinajstić information content (AvgIpc) is 2.76. The van der Waals surface area contributed by atoms with Crippen LogP contribution in [0.4, 0.5) is 17.1 Å². The van der Waals surface area contributed by atoms with Gasteiger partial charge in [0, 0.05) is 12.1 Å². The van der Waals surface area contributed by atoms with Crippen molar-refractivity contribution >= 4 is 57.1 Å². The lowest BCUT2D eigenvalue weighted by atomic mass is 9.93. The van der Waals surface area contributed by atoms with Gasteiger partial charge in [0.2, 0.25) is 5.91 Å². The summed E-state index contributed by atoms with van der Waals surface area (Å²) in [5.74, 6) is -0.124. The van der Waals surface area contributed by atoms with E-state index >= 15 is 0 Å². The number of halogens is 2. The number of anilines is 1. The number of carbonyl (C=O) groups excluding carboxylic acids is 1. The fraction of sp³-hybridized carbons (Fsp3) is 0.167. The Morgan fingerprint density at radius 3 is 2.29 bits per heavy atom. The molecule has 0 radical (unpaired) electrons. The summed E-state index contributed by atoms with van der Waals surface area (Å²) < 4.78 is 0. The van der Waals surface area contributed by atoms with Gasteiger partial charge in [-0.2, -0.15) is 0 Å². The number of rotatable bonds is 2. The maximum absolute atomic E-state index is 12.3. The van der Waals surface area contributed by atoms with Crippen molar-refractivity contribution in [2.45, 2.75) is 17.8 Å². The number of β-lactam (4-membered cyclic amide) rings is 1. The van der Waals surface area contributed by atoms with E-state index in [1.54, 1.807) is 4.90 Å². The average molecular weight is 358 g/mol. The van der Waals surface area contributed by atoms with Crippen LogP contribution in [0.5, 0.6) is 0 Å². The van der Waals surface area contributed by atoms with E-state index in [1.807, 2.05) is 54.6 Å². The molecule has 2 aliphatic heterocycles. The van der Waals surface area contributed by atoms with Crippen LogP contribution in [0.3, 0.4) is 0 Å². The van der Waals surface area contributed by atoms with Crippen LogP contribution >= 0.6 is 23.2 Å². The van der Waals surface area contributed by atoms with Gasteiger partial charge in [0.1, 0.15) is 16.6 Å². The number of para-hydroxylation sites is 3. The third-order valence-corrected chi connectivity index (χ3v) is 4.76. The lowest BCUT2D eigenvalue weighted by Gasteiger charge is -2.44. The fourth-order valence-electron chi connectivity index (χ4n) is 2.99. The van der Waals surface area contributed by atoms with Crippen LogP contribution in [-0.2, 0) is 4.79 Å². The molecule has 2 aliphatic rings. The first kappa shape index (κ1) is 15.4. The van der Waals surface area contributed by atoms with Crippen molar-refractivity contribution in [3.8, 4) is 0 Å². The molecular formula is C18H13Cl2N3O. The molecule has 1 fully saturated rings. The molecule has 4 nitrogen and oxygen atoms in total. The molecule has 2 unspecified atom stereocenters. The standard InChI is InChI=1S/C18H13Cl2N3O/c19-15-10-14(21-12-8-4-5-9-13(12)22-15)17-16(20)18(24)23(17)11-6-2-1-3-7-11/h1-9,16-17H,10H2. The van der Waals surface area contributed by atoms with E-state index in [0.717, 1.165) is 22.8 Å². The largest absolute Gasteiger partial charge is 0.300 e. The van der Waals surface area contributed by atoms with E-state index in [1.165, 1.54) is 0 Å². The minimum Gasteiger partial charge on any atom is -0.300 e. The second-order valence-corrected chi connectivity index (χ2v) is 6.55. The summed E-state index contributed by atoms with van der Waals surface area (Å²) >= 11 is 12.6. The Kier molecular flexibility index (Phi) is 3.87. The summed E-state index contributed by atoms with van der Waals surface area (Å²) in [6.07, 6.45) is 0.376. The molecule has 0 aliphatic carbocycles. The molecule has 24 heavy (non-hydrogen) atoms. The van der Waals surface area contributed by atoms with Crippen molar-refractivity contribution in [2.75, 3.05) is 4.90 Å². The molecule has 6 heteroatoms. The lowest BCUT2D eigenvalue weighted by Crippen LogP contribution is -2.66. The van der Waals surface area contributed by atoms with Crippen molar-refractivity contribution < 1.29 is 4.79 Å². The van der Waals surface area contributed by atoms with Crippen LogP contribution < -0.4 is 4.90 Å². The van der Waals surface area contributed by atoms with Crippen LogP contribution in [0.1, 0.15) is 6.42 Å². The van der Waals surface area contributed by atoms with E-state index in [4.69, 9.17) is 28.2 Å². The van der Waals surface area contributed by atoms with Gasteiger partial charge in [0.15, 0.2) is 0 Å². The minimum absolute atomic E-state index is 0.124. The summed E-state index contributed by atoms with van der Waals surface area (Å²) in [6.45, 7) is 0. The van der Waals surface area contributed by atoms with Crippen LogP contribution in [0.2, 0.25) is 0 Å². The van der Waals surface area contributed by atoms with Crippen molar-refractivity contribution in [3.63, 3.8) is 0 Å². The first-order valence-corrected chi connectivity index (χ1v) is 8.38. The highest BCUT2D eigenvalue weighted by molar-refractivity contribution is 6.67.